The van der Waals surface area contributed by atoms with E-state index in [-0.39, 0.29) is 5.91 Å². The van der Waals surface area contributed by atoms with Crippen molar-refractivity contribution in [2.45, 2.75) is 20.4 Å². The summed E-state index contributed by atoms with van der Waals surface area (Å²) < 4.78 is 7.10. The molecule has 6 nitrogen and oxygen atoms in total. The molecule has 0 aliphatic carbocycles. The molecule has 0 radical (unpaired) electrons. The molecule has 28 heavy (non-hydrogen) atoms. The zero-order valence-electron chi connectivity index (χ0n) is 16.7. The van der Waals surface area contributed by atoms with Crippen LogP contribution in [0.1, 0.15) is 23.7 Å². The Hall–Kier alpha value is -2.31. The molecular weight excluding hydrogens is 376 g/mol. The number of hydrogen-bond acceptors (Lipinski definition) is 4. The summed E-state index contributed by atoms with van der Waals surface area (Å²) >= 11 is 6.22. The number of carbonyl (C=O) groups is 1. The van der Waals surface area contributed by atoms with Gasteiger partial charge in [-0.2, -0.15) is 5.10 Å². The lowest BCUT2D eigenvalue weighted by Gasteiger charge is -2.34. The molecule has 1 fully saturated rings. The predicted molar refractivity (Wildman–Crippen MR) is 111 cm³/mol. The van der Waals surface area contributed by atoms with Gasteiger partial charge in [0.15, 0.2) is 0 Å². The normalized spacial score (nSPS) is 15.4. The lowest BCUT2D eigenvalue weighted by molar-refractivity contribution is -0.127. The number of rotatable bonds is 6. The summed E-state index contributed by atoms with van der Waals surface area (Å²) in [6, 6.07) is 8.22. The Labute approximate surface area is 171 Å². The zero-order valence-corrected chi connectivity index (χ0v) is 17.4. The second kappa shape index (κ2) is 9.26. The number of piperazine rings is 1. The standard InChI is InChI=1S/C21H27ClN4O2/c1-4-28-18-7-5-17(6-8-18)15-25-11-13-26(14-12-25)20(27)10-9-19-16(2)23-24(3)21(19)22/h5-10H,4,11-15H2,1-3H3/b10-9+. The first-order chi connectivity index (χ1) is 13.5. The van der Waals surface area contributed by atoms with Crippen molar-refractivity contribution in [3.05, 3.63) is 52.3 Å². The van der Waals surface area contributed by atoms with Crippen molar-refractivity contribution in [3.63, 3.8) is 0 Å². The van der Waals surface area contributed by atoms with Crippen LogP contribution in [-0.4, -0.2) is 58.3 Å². The number of benzene rings is 1. The van der Waals surface area contributed by atoms with Crippen molar-refractivity contribution in [1.82, 2.24) is 19.6 Å². The minimum absolute atomic E-state index is 0.0139. The molecule has 3 rings (SSSR count). The highest BCUT2D eigenvalue weighted by Gasteiger charge is 2.20. The third kappa shape index (κ3) is 4.94. The van der Waals surface area contributed by atoms with Crippen molar-refractivity contribution in [2.75, 3.05) is 32.8 Å². The van der Waals surface area contributed by atoms with Gasteiger partial charge in [0.05, 0.1) is 12.3 Å². The molecule has 0 N–H and O–H groups in total. The molecule has 1 aromatic heterocycles. The van der Waals surface area contributed by atoms with Crippen LogP contribution in [0.25, 0.3) is 6.08 Å². The maximum Gasteiger partial charge on any atom is 0.246 e. The molecule has 150 valence electrons. The molecule has 1 aliphatic heterocycles. The van der Waals surface area contributed by atoms with E-state index in [0.29, 0.717) is 11.8 Å². The average Bonchev–Trinajstić information content (AvgIpc) is 2.94. The van der Waals surface area contributed by atoms with Crippen molar-refractivity contribution in [1.29, 1.82) is 0 Å². The molecule has 1 aliphatic rings. The molecule has 1 amide bonds. The molecule has 2 aromatic rings. The van der Waals surface area contributed by atoms with Crippen LogP contribution in [0.4, 0.5) is 0 Å². The van der Waals surface area contributed by atoms with Crippen molar-refractivity contribution < 1.29 is 9.53 Å². The van der Waals surface area contributed by atoms with E-state index in [1.165, 1.54) is 5.56 Å². The van der Waals surface area contributed by atoms with Gasteiger partial charge >= 0.3 is 0 Å². The van der Waals surface area contributed by atoms with Gasteiger partial charge in [0.1, 0.15) is 10.9 Å². The highest BCUT2D eigenvalue weighted by molar-refractivity contribution is 6.31. The van der Waals surface area contributed by atoms with Gasteiger partial charge in [0.25, 0.3) is 0 Å². The van der Waals surface area contributed by atoms with Gasteiger partial charge in [0.2, 0.25) is 5.91 Å². The summed E-state index contributed by atoms with van der Waals surface area (Å²) in [6.07, 6.45) is 3.36. The topological polar surface area (TPSA) is 50.6 Å². The molecule has 0 unspecified atom stereocenters. The SMILES string of the molecule is CCOc1ccc(CN2CCN(C(=O)/C=C/c3c(C)nn(C)c3Cl)CC2)cc1. The number of aryl methyl sites for hydroxylation is 2. The first-order valence-corrected chi connectivity index (χ1v) is 9.96. The second-order valence-corrected chi connectivity index (χ2v) is 7.28. The molecule has 0 saturated carbocycles. The molecular formula is C21H27ClN4O2. The minimum atomic E-state index is 0.0139. The summed E-state index contributed by atoms with van der Waals surface area (Å²) in [5.41, 5.74) is 2.87. The van der Waals surface area contributed by atoms with Gasteiger partial charge in [-0.05, 0) is 37.6 Å². The fourth-order valence-electron chi connectivity index (χ4n) is 3.34. The molecule has 1 aromatic carbocycles. The van der Waals surface area contributed by atoms with Crippen molar-refractivity contribution in [3.8, 4) is 5.75 Å². The van der Waals surface area contributed by atoms with Gasteiger partial charge in [0, 0.05) is 51.4 Å². The molecule has 2 heterocycles. The number of amides is 1. The molecule has 0 atom stereocenters. The maximum absolute atomic E-state index is 12.5. The van der Waals surface area contributed by atoms with E-state index in [0.717, 1.165) is 49.7 Å². The highest BCUT2D eigenvalue weighted by Crippen LogP contribution is 2.20. The molecule has 7 heteroatoms. The van der Waals surface area contributed by atoms with Crippen LogP contribution in [0.2, 0.25) is 5.15 Å². The van der Waals surface area contributed by atoms with E-state index in [2.05, 4.69) is 22.1 Å². The van der Waals surface area contributed by atoms with Crippen LogP contribution in [-0.2, 0) is 18.4 Å². The Morgan fingerprint density at radius 2 is 1.89 bits per heavy atom. The fourth-order valence-corrected chi connectivity index (χ4v) is 3.58. The third-order valence-electron chi connectivity index (χ3n) is 4.91. The smallest absolute Gasteiger partial charge is 0.246 e. The van der Waals surface area contributed by atoms with E-state index < -0.39 is 0 Å². The Balaban J connectivity index is 1.50. The van der Waals surface area contributed by atoms with Crippen molar-refractivity contribution in [2.24, 2.45) is 7.05 Å². The molecule has 0 spiro atoms. The van der Waals surface area contributed by atoms with E-state index in [4.69, 9.17) is 16.3 Å². The predicted octanol–water partition coefficient (Wildman–Crippen LogP) is 3.14. The minimum Gasteiger partial charge on any atom is -0.494 e. The van der Waals surface area contributed by atoms with E-state index in [1.54, 1.807) is 23.9 Å². The van der Waals surface area contributed by atoms with Crippen LogP contribution in [0.15, 0.2) is 30.3 Å². The number of ether oxygens (including phenoxy) is 1. The van der Waals surface area contributed by atoms with E-state index in [1.807, 2.05) is 30.9 Å². The number of nitrogens with zero attached hydrogens (tertiary/aromatic N) is 4. The van der Waals surface area contributed by atoms with Crippen LogP contribution < -0.4 is 4.74 Å². The highest BCUT2D eigenvalue weighted by atomic mass is 35.5. The zero-order chi connectivity index (χ0) is 20.1. The lowest BCUT2D eigenvalue weighted by atomic mass is 10.2. The monoisotopic (exact) mass is 402 g/mol. The summed E-state index contributed by atoms with van der Waals surface area (Å²) in [4.78, 5) is 16.7. The third-order valence-corrected chi connectivity index (χ3v) is 5.36. The van der Waals surface area contributed by atoms with E-state index >= 15 is 0 Å². The number of aromatic nitrogens is 2. The fraction of sp³-hybridized carbons (Fsp3) is 0.429. The second-order valence-electron chi connectivity index (χ2n) is 6.93. The largest absolute Gasteiger partial charge is 0.494 e. The summed E-state index contributed by atoms with van der Waals surface area (Å²) in [6.45, 7) is 8.59. The van der Waals surface area contributed by atoms with Gasteiger partial charge in [-0.3, -0.25) is 14.4 Å². The summed E-state index contributed by atoms with van der Waals surface area (Å²) in [5.74, 6) is 0.914. The molecule has 1 saturated heterocycles. The van der Waals surface area contributed by atoms with Gasteiger partial charge in [-0.1, -0.05) is 23.7 Å². The number of halogens is 1. The van der Waals surface area contributed by atoms with Crippen LogP contribution in [0, 0.1) is 6.92 Å². The van der Waals surface area contributed by atoms with E-state index in [9.17, 15) is 4.79 Å². The molecule has 0 bridgehead atoms. The number of hydrogen-bond donors (Lipinski definition) is 0. The quantitative estimate of drug-likeness (QED) is 0.696. The van der Waals surface area contributed by atoms with Crippen LogP contribution >= 0.6 is 11.6 Å². The number of carbonyl (C=O) groups excluding carboxylic acids is 1. The summed E-state index contributed by atoms with van der Waals surface area (Å²) in [7, 11) is 1.79. The maximum atomic E-state index is 12.5. The lowest BCUT2D eigenvalue weighted by Crippen LogP contribution is -2.47. The van der Waals surface area contributed by atoms with Crippen molar-refractivity contribution >= 4 is 23.6 Å². The Morgan fingerprint density at radius 3 is 2.46 bits per heavy atom. The van der Waals surface area contributed by atoms with Gasteiger partial charge < -0.3 is 9.64 Å². The van der Waals surface area contributed by atoms with Gasteiger partial charge in [-0.15, -0.1) is 0 Å². The van der Waals surface area contributed by atoms with Gasteiger partial charge in [-0.25, -0.2) is 0 Å². The summed E-state index contributed by atoms with van der Waals surface area (Å²) in [5, 5.41) is 4.80. The van der Waals surface area contributed by atoms with Crippen LogP contribution in [0.3, 0.4) is 0 Å². The van der Waals surface area contributed by atoms with Crippen LogP contribution in [0.5, 0.6) is 5.75 Å². The first-order valence-electron chi connectivity index (χ1n) is 9.58. The Bertz CT molecular complexity index is 837. The average molecular weight is 403 g/mol. The Morgan fingerprint density at radius 1 is 1.21 bits per heavy atom. The first kappa shape index (κ1) is 20.4. The Kier molecular flexibility index (Phi) is 6.75.